The van der Waals surface area contributed by atoms with Gasteiger partial charge in [0.15, 0.2) is 0 Å². The molecule has 0 saturated heterocycles. The van der Waals surface area contributed by atoms with Crippen molar-refractivity contribution >= 4 is 15.9 Å². The van der Waals surface area contributed by atoms with Crippen molar-refractivity contribution < 1.29 is 4.74 Å². The normalized spacial score (nSPS) is 13.9. The summed E-state index contributed by atoms with van der Waals surface area (Å²) in [6.07, 6.45) is 1.20. The van der Waals surface area contributed by atoms with Crippen LogP contribution in [-0.2, 0) is 11.2 Å². The number of halogens is 1. The molecule has 1 nitrogen and oxygen atoms in total. The van der Waals surface area contributed by atoms with Gasteiger partial charge in [-0.3, -0.25) is 0 Å². The van der Waals surface area contributed by atoms with Crippen molar-refractivity contribution in [1.82, 2.24) is 0 Å². The molecule has 84 valence electrons. The molecule has 1 aromatic carbocycles. The summed E-state index contributed by atoms with van der Waals surface area (Å²) in [7, 11) is 0. The van der Waals surface area contributed by atoms with Crippen LogP contribution in [0.1, 0.15) is 26.3 Å². The van der Waals surface area contributed by atoms with E-state index in [1.54, 1.807) is 0 Å². The Morgan fingerprint density at radius 3 is 2.27 bits per heavy atom. The van der Waals surface area contributed by atoms with E-state index in [4.69, 9.17) is 4.74 Å². The van der Waals surface area contributed by atoms with E-state index in [0.717, 1.165) is 11.8 Å². The van der Waals surface area contributed by atoms with E-state index in [1.807, 2.05) is 6.07 Å². The van der Waals surface area contributed by atoms with Gasteiger partial charge in [0.1, 0.15) is 0 Å². The van der Waals surface area contributed by atoms with Crippen LogP contribution in [0.15, 0.2) is 30.3 Å². The highest BCUT2D eigenvalue weighted by Crippen LogP contribution is 2.16. The van der Waals surface area contributed by atoms with E-state index in [0.29, 0.717) is 0 Å². The summed E-state index contributed by atoms with van der Waals surface area (Å²) in [6, 6.07) is 10.5. The van der Waals surface area contributed by atoms with Crippen LogP contribution in [0.5, 0.6) is 0 Å². The first-order valence-electron chi connectivity index (χ1n) is 5.29. The second-order valence-corrected chi connectivity index (χ2v) is 5.34. The highest BCUT2D eigenvalue weighted by atomic mass is 79.9. The molecule has 1 rings (SSSR count). The Labute approximate surface area is 101 Å². The molecule has 0 saturated carbocycles. The topological polar surface area (TPSA) is 9.23 Å². The third-order valence-corrected chi connectivity index (χ3v) is 2.72. The van der Waals surface area contributed by atoms with Crippen molar-refractivity contribution in [3.63, 3.8) is 0 Å². The van der Waals surface area contributed by atoms with E-state index in [1.165, 1.54) is 5.56 Å². The molecule has 0 aliphatic carbocycles. The van der Waals surface area contributed by atoms with Crippen molar-refractivity contribution in [3.8, 4) is 0 Å². The number of hydrogen-bond acceptors (Lipinski definition) is 1. The van der Waals surface area contributed by atoms with Crippen molar-refractivity contribution in [2.75, 3.05) is 5.33 Å². The third-order valence-electron chi connectivity index (χ3n) is 2.00. The quantitative estimate of drug-likeness (QED) is 0.757. The zero-order valence-electron chi connectivity index (χ0n) is 9.66. The number of benzene rings is 1. The summed E-state index contributed by atoms with van der Waals surface area (Å²) in [5.41, 5.74) is 1.25. The largest absolute Gasteiger partial charge is 0.371 e. The van der Waals surface area contributed by atoms with Crippen LogP contribution in [0.25, 0.3) is 0 Å². The predicted molar refractivity (Wildman–Crippen MR) is 68.6 cm³/mol. The maximum atomic E-state index is 5.94. The van der Waals surface area contributed by atoms with E-state index < -0.39 is 0 Å². The van der Waals surface area contributed by atoms with Gasteiger partial charge in [0.05, 0.1) is 11.7 Å². The van der Waals surface area contributed by atoms with Crippen LogP contribution in [-0.4, -0.2) is 17.0 Å². The third kappa shape index (κ3) is 5.33. The van der Waals surface area contributed by atoms with Gasteiger partial charge in [0.2, 0.25) is 0 Å². The molecule has 2 heteroatoms. The SMILES string of the molecule is CC(C)(C)O[C@H](CBr)Cc1ccccc1. The number of alkyl halides is 1. The second-order valence-electron chi connectivity index (χ2n) is 4.70. The molecule has 0 radical (unpaired) electrons. The van der Waals surface area contributed by atoms with E-state index >= 15 is 0 Å². The maximum Gasteiger partial charge on any atom is 0.0719 e. The van der Waals surface area contributed by atoms with Gasteiger partial charge in [-0.1, -0.05) is 46.3 Å². The highest BCUT2D eigenvalue weighted by molar-refractivity contribution is 9.09. The Morgan fingerprint density at radius 2 is 1.80 bits per heavy atom. The van der Waals surface area contributed by atoms with Crippen LogP contribution >= 0.6 is 15.9 Å². The van der Waals surface area contributed by atoms with Gasteiger partial charge in [-0.2, -0.15) is 0 Å². The van der Waals surface area contributed by atoms with Crippen LogP contribution in [0.4, 0.5) is 0 Å². The zero-order chi connectivity index (χ0) is 11.3. The molecule has 15 heavy (non-hydrogen) atoms. The molecular formula is C13H19BrO. The van der Waals surface area contributed by atoms with Crippen molar-refractivity contribution in [3.05, 3.63) is 35.9 Å². The van der Waals surface area contributed by atoms with Crippen molar-refractivity contribution in [1.29, 1.82) is 0 Å². The molecule has 0 aliphatic rings. The molecule has 0 heterocycles. The zero-order valence-corrected chi connectivity index (χ0v) is 11.3. The molecule has 0 unspecified atom stereocenters. The molecule has 0 aromatic heterocycles. The smallest absolute Gasteiger partial charge is 0.0719 e. The maximum absolute atomic E-state index is 5.94. The first-order valence-corrected chi connectivity index (χ1v) is 6.41. The molecule has 1 atom stereocenters. The lowest BCUT2D eigenvalue weighted by Gasteiger charge is -2.26. The van der Waals surface area contributed by atoms with E-state index in [-0.39, 0.29) is 11.7 Å². The minimum Gasteiger partial charge on any atom is -0.371 e. The van der Waals surface area contributed by atoms with Crippen LogP contribution < -0.4 is 0 Å². The van der Waals surface area contributed by atoms with Crippen molar-refractivity contribution in [2.45, 2.75) is 38.9 Å². The summed E-state index contributed by atoms with van der Waals surface area (Å²) < 4.78 is 5.94. The molecule has 0 fully saturated rings. The molecule has 0 bridgehead atoms. The molecule has 0 amide bonds. The van der Waals surface area contributed by atoms with Crippen LogP contribution in [0.2, 0.25) is 0 Å². The minimum atomic E-state index is -0.0762. The monoisotopic (exact) mass is 270 g/mol. The highest BCUT2D eigenvalue weighted by Gasteiger charge is 2.17. The van der Waals surface area contributed by atoms with Crippen LogP contribution in [0.3, 0.4) is 0 Å². The lowest BCUT2D eigenvalue weighted by Crippen LogP contribution is -2.30. The summed E-state index contributed by atoms with van der Waals surface area (Å²) in [5, 5.41) is 0.874. The summed E-state index contributed by atoms with van der Waals surface area (Å²) in [4.78, 5) is 0. The molecule has 1 aromatic rings. The van der Waals surface area contributed by atoms with Gasteiger partial charge in [0, 0.05) is 5.33 Å². The minimum absolute atomic E-state index is 0.0762. The lowest BCUT2D eigenvalue weighted by atomic mass is 10.1. The molecule has 0 spiro atoms. The van der Waals surface area contributed by atoms with Crippen LogP contribution in [0, 0.1) is 0 Å². The Morgan fingerprint density at radius 1 is 1.20 bits per heavy atom. The summed E-state index contributed by atoms with van der Waals surface area (Å²) in [5.74, 6) is 0. The predicted octanol–water partition coefficient (Wildman–Crippen LogP) is 3.81. The fourth-order valence-electron chi connectivity index (χ4n) is 1.50. The Bertz CT molecular complexity index is 276. The molecule has 0 N–H and O–H groups in total. The van der Waals surface area contributed by atoms with E-state index in [9.17, 15) is 0 Å². The fourth-order valence-corrected chi connectivity index (χ4v) is 1.87. The number of hydrogen-bond donors (Lipinski definition) is 0. The van der Waals surface area contributed by atoms with Gasteiger partial charge in [-0.05, 0) is 32.8 Å². The fraction of sp³-hybridized carbons (Fsp3) is 0.538. The standard InChI is InChI=1S/C13H19BrO/c1-13(2,3)15-12(10-14)9-11-7-5-4-6-8-11/h4-8,12H,9-10H2,1-3H3/t12-/m0/s1. The lowest BCUT2D eigenvalue weighted by molar-refractivity contribution is -0.0477. The first kappa shape index (κ1) is 12.7. The van der Waals surface area contributed by atoms with Crippen molar-refractivity contribution in [2.24, 2.45) is 0 Å². The second kappa shape index (κ2) is 5.66. The summed E-state index contributed by atoms with van der Waals surface area (Å²) >= 11 is 3.50. The Hall–Kier alpha value is -0.340. The Balaban J connectivity index is 2.55. The average Bonchev–Trinajstić information content (AvgIpc) is 2.16. The van der Waals surface area contributed by atoms with Gasteiger partial charge >= 0.3 is 0 Å². The van der Waals surface area contributed by atoms with Gasteiger partial charge in [0.25, 0.3) is 0 Å². The molecule has 0 aliphatic heterocycles. The number of ether oxygens (including phenoxy) is 1. The van der Waals surface area contributed by atoms with Gasteiger partial charge < -0.3 is 4.74 Å². The average molecular weight is 271 g/mol. The van der Waals surface area contributed by atoms with E-state index in [2.05, 4.69) is 61.0 Å². The van der Waals surface area contributed by atoms with Gasteiger partial charge in [-0.25, -0.2) is 0 Å². The number of rotatable bonds is 4. The Kier molecular flexibility index (Phi) is 4.81. The first-order chi connectivity index (χ1) is 7.01. The molecular weight excluding hydrogens is 252 g/mol. The van der Waals surface area contributed by atoms with Gasteiger partial charge in [-0.15, -0.1) is 0 Å². The summed E-state index contributed by atoms with van der Waals surface area (Å²) in [6.45, 7) is 6.27.